The topological polar surface area (TPSA) is 57.4 Å². The summed E-state index contributed by atoms with van der Waals surface area (Å²) >= 11 is 0. The number of nitrogens with two attached hydrogens (primary N) is 1. The Bertz CT molecular complexity index is 825. The summed E-state index contributed by atoms with van der Waals surface area (Å²) in [5, 5.41) is 3.61. The molecule has 1 fully saturated rings. The van der Waals surface area contributed by atoms with Crippen molar-refractivity contribution >= 4 is 0 Å². The predicted octanol–water partition coefficient (Wildman–Crippen LogP) is 3.42. The molecular formula is C24H34F3N5. The van der Waals surface area contributed by atoms with Crippen molar-refractivity contribution in [3.05, 3.63) is 65.0 Å². The molecule has 0 amide bonds. The molecule has 1 saturated heterocycles. The van der Waals surface area contributed by atoms with Gasteiger partial charge in [0.1, 0.15) is 0 Å². The maximum atomic E-state index is 12.8. The van der Waals surface area contributed by atoms with Crippen molar-refractivity contribution in [3.8, 4) is 0 Å². The average molecular weight is 450 g/mol. The van der Waals surface area contributed by atoms with E-state index >= 15 is 0 Å². The summed E-state index contributed by atoms with van der Waals surface area (Å²) < 4.78 is 38.4. The van der Waals surface area contributed by atoms with Gasteiger partial charge < -0.3 is 11.1 Å². The summed E-state index contributed by atoms with van der Waals surface area (Å²) in [5.74, 6) is 0. The van der Waals surface area contributed by atoms with Crippen LogP contribution < -0.4 is 11.1 Å². The van der Waals surface area contributed by atoms with E-state index in [0.717, 1.165) is 63.4 Å². The van der Waals surface area contributed by atoms with Crippen LogP contribution in [0.5, 0.6) is 0 Å². The first kappa shape index (κ1) is 24.6. The highest BCUT2D eigenvalue weighted by atomic mass is 19.4. The van der Waals surface area contributed by atoms with Gasteiger partial charge in [-0.1, -0.05) is 18.2 Å². The van der Waals surface area contributed by atoms with Crippen LogP contribution >= 0.6 is 0 Å². The van der Waals surface area contributed by atoms with Crippen molar-refractivity contribution < 1.29 is 13.2 Å². The number of alkyl halides is 3. The Hall–Kier alpha value is -2.00. The summed E-state index contributed by atoms with van der Waals surface area (Å²) in [6.45, 7) is 8.69. The van der Waals surface area contributed by atoms with E-state index in [-0.39, 0.29) is 0 Å². The van der Waals surface area contributed by atoms with Crippen LogP contribution in [0.3, 0.4) is 0 Å². The molecule has 3 N–H and O–H groups in total. The second-order valence-corrected chi connectivity index (χ2v) is 8.58. The van der Waals surface area contributed by atoms with Crippen LogP contribution in [0, 0.1) is 6.92 Å². The largest absolute Gasteiger partial charge is 0.416 e. The Morgan fingerprint density at radius 3 is 2.66 bits per heavy atom. The third-order valence-electron chi connectivity index (χ3n) is 5.93. The van der Waals surface area contributed by atoms with E-state index in [0.29, 0.717) is 19.1 Å². The molecule has 5 nitrogen and oxygen atoms in total. The normalized spacial score (nSPS) is 17.8. The Morgan fingerprint density at radius 2 is 1.97 bits per heavy atom. The van der Waals surface area contributed by atoms with Crippen LogP contribution in [0.1, 0.15) is 35.2 Å². The monoisotopic (exact) mass is 449 g/mol. The van der Waals surface area contributed by atoms with Gasteiger partial charge in [-0.25, -0.2) is 0 Å². The van der Waals surface area contributed by atoms with Crippen LogP contribution in [-0.2, 0) is 19.3 Å². The zero-order valence-corrected chi connectivity index (χ0v) is 18.7. The van der Waals surface area contributed by atoms with E-state index in [1.54, 1.807) is 12.1 Å². The number of rotatable bonds is 10. The molecule has 32 heavy (non-hydrogen) atoms. The van der Waals surface area contributed by atoms with Gasteiger partial charge >= 0.3 is 6.18 Å². The number of hydrogen-bond donors (Lipinski definition) is 2. The fourth-order valence-electron chi connectivity index (χ4n) is 4.14. The van der Waals surface area contributed by atoms with E-state index < -0.39 is 11.7 Å². The molecule has 8 heteroatoms. The van der Waals surface area contributed by atoms with E-state index in [1.165, 1.54) is 17.7 Å². The first-order valence-corrected chi connectivity index (χ1v) is 11.3. The van der Waals surface area contributed by atoms with Crippen LogP contribution in [0.2, 0.25) is 0 Å². The highest BCUT2D eigenvalue weighted by Gasteiger charge is 2.30. The van der Waals surface area contributed by atoms with Gasteiger partial charge in [0, 0.05) is 51.5 Å². The molecule has 0 saturated carbocycles. The molecule has 0 radical (unpaired) electrons. The lowest BCUT2D eigenvalue weighted by Crippen LogP contribution is -2.54. The molecule has 2 aromatic rings. The van der Waals surface area contributed by atoms with Crippen molar-refractivity contribution in [1.29, 1.82) is 0 Å². The molecule has 0 aliphatic carbocycles. The molecule has 0 unspecified atom stereocenters. The summed E-state index contributed by atoms with van der Waals surface area (Å²) in [6, 6.07) is 9.85. The number of halogens is 3. The SMILES string of the molecule is Cc1cccnc1CN(CCCCN)C[C@@H]1CN(Cc2ccc(C(F)(F)F)cc2)CCN1. The maximum absolute atomic E-state index is 12.8. The van der Waals surface area contributed by atoms with Gasteiger partial charge in [0.05, 0.1) is 11.3 Å². The summed E-state index contributed by atoms with van der Waals surface area (Å²) in [4.78, 5) is 9.31. The number of nitrogens with zero attached hydrogens (tertiary/aromatic N) is 3. The lowest BCUT2D eigenvalue weighted by Gasteiger charge is -2.36. The molecule has 0 spiro atoms. The minimum atomic E-state index is -4.29. The molecular weight excluding hydrogens is 415 g/mol. The number of unbranched alkanes of at least 4 members (excludes halogenated alkanes) is 1. The molecule has 1 aromatic heterocycles. The van der Waals surface area contributed by atoms with E-state index in [1.807, 2.05) is 12.3 Å². The second kappa shape index (κ2) is 11.7. The van der Waals surface area contributed by atoms with Crippen molar-refractivity contribution in [1.82, 2.24) is 20.1 Å². The van der Waals surface area contributed by atoms with Crippen molar-refractivity contribution in [2.24, 2.45) is 5.73 Å². The predicted molar refractivity (Wildman–Crippen MR) is 121 cm³/mol. The first-order chi connectivity index (χ1) is 15.3. The molecule has 2 heterocycles. The number of piperazine rings is 1. The van der Waals surface area contributed by atoms with Crippen LogP contribution in [0.25, 0.3) is 0 Å². The summed E-state index contributed by atoms with van der Waals surface area (Å²) in [6.07, 6.45) is -0.413. The van der Waals surface area contributed by atoms with Gasteiger partial charge in [0.2, 0.25) is 0 Å². The smallest absolute Gasteiger partial charge is 0.330 e. The lowest BCUT2D eigenvalue weighted by molar-refractivity contribution is -0.137. The maximum Gasteiger partial charge on any atom is 0.416 e. The second-order valence-electron chi connectivity index (χ2n) is 8.58. The summed E-state index contributed by atoms with van der Waals surface area (Å²) in [5.41, 5.74) is 8.28. The van der Waals surface area contributed by atoms with Gasteiger partial charge in [0.25, 0.3) is 0 Å². The fourth-order valence-corrected chi connectivity index (χ4v) is 4.14. The molecule has 1 aliphatic rings. The number of aryl methyl sites for hydroxylation is 1. The number of hydrogen-bond acceptors (Lipinski definition) is 5. The number of pyridine rings is 1. The molecule has 176 valence electrons. The van der Waals surface area contributed by atoms with E-state index in [9.17, 15) is 13.2 Å². The van der Waals surface area contributed by atoms with Gasteiger partial charge in [0.15, 0.2) is 0 Å². The molecule has 1 atom stereocenters. The third kappa shape index (κ3) is 7.55. The number of aromatic nitrogens is 1. The van der Waals surface area contributed by atoms with E-state index in [4.69, 9.17) is 5.73 Å². The number of nitrogens with one attached hydrogen (secondary N) is 1. The number of benzene rings is 1. The minimum Gasteiger partial charge on any atom is -0.330 e. The highest BCUT2D eigenvalue weighted by Crippen LogP contribution is 2.29. The molecule has 0 bridgehead atoms. The third-order valence-corrected chi connectivity index (χ3v) is 5.93. The van der Waals surface area contributed by atoms with Crippen molar-refractivity contribution in [3.63, 3.8) is 0 Å². The Kier molecular flexibility index (Phi) is 9.04. The zero-order valence-electron chi connectivity index (χ0n) is 18.7. The quantitative estimate of drug-likeness (QED) is 0.545. The van der Waals surface area contributed by atoms with Crippen LogP contribution in [0.15, 0.2) is 42.6 Å². The van der Waals surface area contributed by atoms with Crippen LogP contribution in [-0.4, -0.2) is 60.1 Å². The highest BCUT2D eigenvalue weighted by molar-refractivity contribution is 5.24. The standard InChI is InChI=1S/C24H34F3N5/c1-19-5-4-11-30-23(19)18-31(13-3-2-10-28)16-22-17-32(14-12-29-22)15-20-6-8-21(9-7-20)24(25,26)27/h4-9,11,22,29H,2-3,10,12-18,28H2,1H3/t22-/m1/s1. The average Bonchev–Trinajstić information content (AvgIpc) is 2.75. The van der Waals surface area contributed by atoms with Gasteiger partial charge in [-0.2, -0.15) is 13.2 Å². The molecule has 1 aromatic carbocycles. The van der Waals surface area contributed by atoms with Gasteiger partial charge in [-0.15, -0.1) is 0 Å². The van der Waals surface area contributed by atoms with Crippen molar-refractivity contribution in [2.45, 2.75) is 45.1 Å². The Balaban J connectivity index is 1.58. The molecule has 1 aliphatic heterocycles. The van der Waals surface area contributed by atoms with Crippen molar-refractivity contribution in [2.75, 3.05) is 39.3 Å². The molecule has 3 rings (SSSR count). The summed E-state index contributed by atoms with van der Waals surface area (Å²) in [7, 11) is 0. The van der Waals surface area contributed by atoms with Crippen LogP contribution in [0.4, 0.5) is 13.2 Å². The lowest BCUT2D eigenvalue weighted by atomic mass is 10.1. The Labute approximate surface area is 188 Å². The van der Waals surface area contributed by atoms with E-state index in [2.05, 4.69) is 33.1 Å². The van der Waals surface area contributed by atoms with Gasteiger partial charge in [-0.3, -0.25) is 14.8 Å². The van der Waals surface area contributed by atoms with Gasteiger partial charge in [-0.05, 0) is 62.2 Å². The zero-order chi connectivity index (χ0) is 23.0. The Morgan fingerprint density at radius 1 is 1.19 bits per heavy atom. The fraction of sp³-hybridized carbons (Fsp3) is 0.542. The first-order valence-electron chi connectivity index (χ1n) is 11.3. The minimum absolute atomic E-state index is 0.292.